The van der Waals surface area contributed by atoms with E-state index >= 15 is 0 Å². The molecule has 1 aliphatic heterocycles. The molecule has 11 heteroatoms. The van der Waals surface area contributed by atoms with E-state index in [1.165, 1.54) is 27.3 Å². The predicted molar refractivity (Wildman–Crippen MR) is 122 cm³/mol. The summed E-state index contributed by atoms with van der Waals surface area (Å²) in [5.41, 5.74) is 1.64. The predicted octanol–water partition coefficient (Wildman–Crippen LogP) is 1.93. The lowest BCUT2D eigenvalue weighted by molar-refractivity contribution is 0.0697. The first-order valence-corrected chi connectivity index (χ1v) is 12.2. The van der Waals surface area contributed by atoms with Gasteiger partial charge in [-0.25, -0.2) is 18.0 Å². The molecule has 164 valence electrons. The number of hydrogen-bond acceptors (Lipinski definition) is 6. The Morgan fingerprint density at radius 1 is 1.03 bits per heavy atom. The quantitative estimate of drug-likeness (QED) is 0.596. The third kappa shape index (κ3) is 3.90. The highest BCUT2D eigenvalue weighted by atomic mass is 32.2. The first kappa shape index (κ1) is 21.3. The second-order valence-electron chi connectivity index (χ2n) is 7.29. The fourth-order valence-corrected chi connectivity index (χ4v) is 5.69. The molecule has 0 radical (unpaired) electrons. The van der Waals surface area contributed by atoms with E-state index in [0.29, 0.717) is 16.7 Å². The minimum absolute atomic E-state index is 0.0183. The molecule has 0 amide bonds. The zero-order valence-corrected chi connectivity index (χ0v) is 18.7. The van der Waals surface area contributed by atoms with Crippen molar-refractivity contribution in [2.75, 3.05) is 34.2 Å². The van der Waals surface area contributed by atoms with Gasteiger partial charge in [0.1, 0.15) is 0 Å². The van der Waals surface area contributed by atoms with Crippen molar-refractivity contribution in [2.24, 2.45) is 14.1 Å². The molecule has 1 fully saturated rings. The van der Waals surface area contributed by atoms with Gasteiger partial charge in [-0.15, -0.1) is 0 Å². The van der Waals surface area contributed by atoms with Gasteiger partial charge in [-0.2, -0.15) is 11.8 Å². The summed E-state index contributed by atoms with van der Waals surface area (Å²) in [5, 5.41) is 9.67. The van der Waals surface area contributed by atoms with E-state index in [0.717, 1.165) is 24.6 Å². The summed E-state index contributed by atoms with van der Waals surface area (Å²) in [5.74, 6) is 0.713. The van der Waals surface area contributed by atoms with Crippen molar-refractivity contribution in [3.05, 3.63) is 52.4 Å². The number of carboxylic acids is 1. The highest BCUT2D eigenvalue weighted by molar-refractivity contribution is 7.99. The number of nitrogens with one attached hydrogen (secondary N) is 1. The summed E-state index contributed by atoms with van der Waals surface area (Å²) in [6.45, 7) is 1.48. The highest BCUT2D eigenvalue weighted by Crippen LogP contribution is 2.28. The zero-order chi connectivity index (χ0) is 22.3. The number of aromatic carboxylic acids is 1. The van der Waals surface area contributed by atoms with E-state index < -0.39 is 16.0 Å². The average molecular weight is 463 g/mol. The molecule has 0 aliphatic carbocycles. The molecule has 2 N–H and O–H groups in total. The molecule has 4 rings (SSSR count). The summed E-state index contributed by atoms with van der Waals surface area (Å²) in [4.78, 5) is 25.9. The Morgan fingerprint density at radius 2 is 1.71 bits per heavy atom. The van der Waals surface area contributed by atoms with Gasteiger partial charge in [0, 0.05) is 44.4 Å². The minimum atomic E-state index is -3.99. The number of hydrogen-bond donors (Lipinski definition) is 2. The number of thioether (sulfide) groups is 1. The van der Waals surface area contributed by atoms with Crippen molar-refractivity contribution in [1.82, 2.24) is 9.13 Å². The first-order chi connectivity index (χ1) is 14.7. The summed E-state index contributed by atoms with van der Waals surface area (Å²) in [6, 6.07) is 8.97. The highest BCUT2D eigenvalue weighted by Gasteiger charge is 2.22. The van der Waals surface area contributed by atoms with Gasteiger partial charge >= 0.3 is 11.7 Å². The van der Waals surface area contributed by atoms with Gasteiger partial charge in [-0.1, -0.05) is 0 Å². The summed E-state index contributed by atoms with van der Waals surface area (Å²) in [6.07, 6.45) is 0. The van der Waals surface area contributed by atoms with Crippen LogP contribution in [0.5, 0.6) is 0 Å². The van der Waals surface area contributed by atoms with Crippen LogP contribution in [0.3, 0.4) is 0 Å². The molecule has 9 nitrogen and oxygen atoms in total. The van der Waals surface area contributed by atoms with Gasteiger partial charge in [0.15, 0.2) is 0 Å². The van der Waals surface area contributed by atoms with Gasteiger partial charge in [-0.05, 0) is 36.4 Å². The topological polar surface area (TPSA) is 114 Å². The van der Waals surface area contributed by atoms with E-state index in [1.807, 2.05) is 16.7 Å². The van der Waals surface area contributed by atoms with Crippen LogP contribution in [0.2, 0.25) is 0 Å². The smallest absolute Gasteiger partial charge is 0.337 e. The van der Waals surface area contributed by atoms with Crippen LogP contribution >= 0.6 is 11.8 Å². The van der Waals surface area contributed by atoms with E-state index in [9.17, 15) is 23.1 Å². The molecule has 1 saturated heterocycles. The Morgan fingerprint density at radius 3 is 2.39 bits per heavy atom. The Kier molecular flexibility index (Phi) is 5.48. The Labute approximate surface area is 183 Å². The van der Waals surface area contributed by atoms with Crippen LogP contribution in [0.15, 0.2) is 46.1 Å². The number of aromatic nitrogens is 2. The zero-order valence-electron chi connectivity index (χ0n) is 17.0. The lowest BCUT2D eigenvalue weighted by Gasteiger charge is -2.29. The molecule has 1 aliphatic rings. The Balaban J connectivity index is 1.68. The maximum absolute atomic E-state index is 13.0. The molecule has 1 aromatic heterocycles. The van der Waals surface area contributed by atoms with E-state index in [-0.39, 0.29) is 21.8 Å². The number of fused-ring (bicyclic) bond motifs is 1. The van der Waals surface area contributed by atoms with E-state index in [2.05, 4.69) is 4.72 Å². The molecule has 2 aromatic carbocycles. The fraction of sp³-hybridized carbons (Fsp3) is 0.300. The van der Waals surface area contributed by atoms with Crippen LogP contribution in [-0.2, 0) is 24.1 Å². The summed E-state index contributed by atoms with van der Waals surface area (Å²) >= 11 is 1.82. The average Bonchev–Trinajstić information content (AvgIpc) is 2.97. The second-order valence-corrected chi connectivity index (χ2v) is 10.2. The monoisotopic (exact) mass is 462 g/mol. The molecule has 0 bridgehead atoms. The number of sulfonamides is 1. The molecular formula is C20H22N4O5S2. The number of carbonyl (C=O) groups is 1. The largest absolute Gasteiger partial charge is 0.478 e. The number of benzene rings is 2. The molecule has 0 spiro atoms. The lowest BCUT2D eigenvalue weighted by Crippen LogP contribution is -2.33. The van der Waals surface area contributed by atoms with Crippen molar-refractivity contribution < 1.29 is 18.3 Å². The number of aryl methyl sites for hydroxylation is 2. The van der Waals surface area contributed by atoms with Crippen molar-refractivity contribution in [3.63, 3.8) is 0 Å². The third-order valence-corrected chi connectivity index (χ3v) is 7.71. The minimum Gasteiger partial charge on any atom is -0.478 e. The first-order valence-electron chi connectivity index (χ1n) is 9.57. The van der Waals surface area contributed by atoms with Crippen LogP contribution < -0.4 is 15.3 Å². The SMILES string of the molecule is Cn1c(=O)n(C)c2cc(S(=O)(=O)Nc3ccc(N4CCSCC4)c(C(=O)O)c3)ccc21. The molecule has 2 heterocycles. The standard InChI is InChI=1S/C20H22N4O5S2/c1-22-17-6-4-14(12-18(17)23(2)20(22)27)31(28,29)21-13-3-5-16(15(11-13)19(25)26)24-7-9-30-10-8-24/h3-6,11-12,21H,7-10H2,1-2H3,(H,25,26). The molecular weight excluding hydrogens is 440 g/mol. The molecule has 31 heavy (non-hydrogen) atoms. The Bertz CT molecular complexity index is 1340. The van der Waals surface area contributed by atoms with Gasteiger partial charge in [-0.3, -0.25) is 13.9 Å². The van der Waals surface area contributed by atoms with Gasteiger partial charge in [0.25, 0.3) is 10.0 Å². The van der Waals surface area contributed by atoms with Crippen LogP contribution in [0, 0.1) is 0 Å². The van der Waals surface area contributed by atoms with Crippen LogP contribution in [0.1, 0.15) is 10.4 Å². The van der Waals surface area contributed by atoms with Gasteiger partial charge < -0.3 is 10.0 Å². The van der Waals surface area contributed by atoms with Gasteiger partial charge in [0.2, 0.25) is 0 Å². The maximum atomic E-state index is 13.0. The molecule has 0 saturated carbocycles. The number of carboxylic acid groups (broad SMARTS) is 1. The third-order valence-electron chi connectivity index (χ3n) is 5.38. The number of imidazole rings is 1. The Hall–Kier alpha value is -2.92. The van der Waals surface area contributed by atoms with Crippen LogP contribution in [-0.4, -0.2) is 53.2 Å². The summed E-state index contributed by atoms with van der Waals surface area (Å²) < 4.78 is 31.2. The number of anilines is 2. The van der Waals surface area contributed by atoms with Crippen molar-refractivity contribution in [2.45, 2.75) is 4.90 Å². The van der Waals surface area contributed by atoms with Crippen LogP contribution in [0.4, 0.5) is 11.4 Å². The number of rotatable bonds is 5. The summed E-state index contributed by atoms with van der Waals surface area (Å²) in [7, 11) is -0.797. The van der Waals surface area contributed by atoms with E-state index in [4.69, 9.17) is 0 Å². The molecule has 0 atom stereocenters. The fourth-order valence-electron chi connectivity index (χ4n) is 3.72. The maximum Gasteiger partial charge on any atom is 0.337 e. The van der Waals surface area contributed by atoms with Crippen molar-refractivity contribution in [1.29, 1.82) is 0 Å². The number of nitrogens with zero attached hydrogens (tertiary/aromatic N) is 3. The van der Waals surface area contributed by atoms with Crippen molar-refractivity contribution in [3.8, 4) is 0 Å². The van der Waals surface area contributed by atoms with Gasteiger partial charge in [0.05, 0.1) is 27.2 Å². The normalized spacial score (nSPS) is 14.7. The van der Waals surface area contributed by atoms with Crippen LogP contribution in [0.25, 0.3) is 11.0 Å². The van der Waals surface area contributed by atoms with Crippen molar-refractivity contribution >= 4 is 50.2 Å². The lowest BCUT2D eigenvalue weighted by atomic mass is 10.1. The molecule has 3 aromatic rings. The van der Waals surface area contributed by atoms with E-state index in [1.54, 1.807) is 32.3 Å². The second kappa shape index (κ2) is 7.97. The molecule has 0 unspecified atom stereocenters.